The minimum absolute atomic E-state index is 0.0101. The third-order valence-electron chi connectivity index (χ3n) is 6.95. The van der Waals surface area contributed by atoms with Crippen LogP contribution < -0.4 is 20.7 Å². The van der Waals surface area contributed by atoms with E-state index in [1.807, 2.05) is 0 Å². The molecule has 3 rings (SSSR count). The number of para-hydroxylation sites is 1. The van der Waals surface area contributed by atoms with Crippen LogP contribution in [0.4, 0.5) is 36.8 Å². The molecule has 10 nitrogen and oxygen atoms in total. The van der Waals surface area contributed by atoms with Gasteiger partial charge < -0.3 is 20.7 Å². The van der Waals surface area contributed by atoms with Crippen molar-refractivity contribution in [2.24, 2.45) is 16.8 Å². The van der Waals surface area contributed by atoms with Gasteiger partial charge in [0, 0.05) is 42.2 Å². The van der Waals surface area contributed by atoms with Crippen LogP contribution in [0.15, 0.2) is 59.6 Å². The summed E-state index contributed by atoms with van der Waals surface area (Å²) in [6, 6.07) is 15.1. The van der Waals surface area contributed by atoms with Gasteiger partial charge in [0.05, 0.1) is 17.3 Å². The number of fused-ring (bicyclic) bond motifs is 1. The quantitative estimate of drug-likeness (QED) is 0.112. The SMILES string of the molecule is CC(C)(C)OC(=O)NCCSNC(=O)[C@@H](CCC(F)(F)F)[C@@H](CCC(F)(F)F)C(=O)N[C@H]1N=C(c2ccccc2)c2ccccc2NC1=O. The molecule has 0 aromatic heterocycles. The number of alkyl carbamates (subject to hydrolysis) is 1. The molecule has 2 aromatic carbocycles. The Balaban J connectivity index is 1.87. The lowest BCUT2D eigenvalue weighted by Gasteiger charge is -2.27. The molecule has 0 spiro atoms. The van der Waals surface area contributed by atoms with E-state index in [9.17, 15) is 45.5 Å². The topological polar surface area (TPSA) is 138 Å². The fraction of sp³-hybridized carbons (Fsp3) is 0.469. The highest BCUT2D eigenvalue weighted by molar-refractivity contribution is 7.97. The lowest BCUT2D eigenvalue weighted by atomic mass is 9.83. The zero-order valence-electron chi connectivity index (χ0n) is 26.8. The first-order chi connectivity index (χ1) is 22.8. The van der Waals surface area contributed by atoms with Crippen molar-refractivity contribution in [3.05, 3.63) is 65.7 Å². The molecule has 1 aliphatic rings. The van der Waals surface area contributed by atoms with Crippen LogP contribution in [-0.4, -0.2) is 65.9 Å². The van der Waals surface area contributed by atoms with Crippen LogP contribution in [0, 0.1) is 11.8 Å². The van der Waals surface area contributed by atoms with Gasteiger partial charge in [0.2, 0.25) is 18.0 Å². The lowest BCUT2D eigenvalue weighted by molar-refractivity contribution is -0.152. The van der Waals surface area contributed by atoms with Gasteiger partial charge in [-0.1, -0.05) is 48.5 Å². The van der Waals surface area contributed by atoms with Crippen LogP contribution in [0.25, 0.3) is 0 Å². The van der Waals surface area contributed by atoms with Crippen molar-refractivity contribution in [1.29, 1.82) is 0 Å². The second kappa shape index (κ2) is 16.9. The fourth-order valence-corrected chi connectivity index (χ4v) is 5.41. The number of nitrogens with zero attached hydrogens (tertiary/aromatic N) is 1. The minimum Gasteiger partial charge on any atom is -0.444 e. The normalized spacial score (nSPS) is 16.2. The third-order valence-corrected chi connectivity index (χ3v) is 7.71. The summed E-state index contributed by atoms with van der Waals surface area (Å²) in [5, 5.41) is 7.32. The largest absolute Gasteiger partial charge is 0.444 e. The van der Waals surface area contributed by atoms with Gasteiger partial charge in [0.15, 0.2) is 0 Å². The number of benzene rings is 2. The number of rotatable bonds is 13. The Bertz CT molecular complexity index is 1500. The first-order valence-corrected chi connectivity index (χ1v) is 16.2. The van der Waals surface area contributed by atoms with Gasteiger partial charge in [-0.25, -0.2) is 9.79 Å². The lowest BCUT2D eigenvalue weighted by Crippen LogP contribution is -2.48. The van der Waals surface area contributed by atoms with Crippen molar-refractivity contribution in [1.82, 2.24) is 15.4 Å². The number of hydrogen-bond donors (Lipinski definition) is 4. The standard InChI is InChI=1S/C32H37F6N5O5S/c1-30(2,3)48-29(47)39-17-18-49-43-27(45)21(14-16-32(36,37)38)20(13-15-31(33,34)35)26(44)42-25-28(46)40-23-12-8-7-11-22(23)24(41-25)19-9-5-4-6-10-19/h4-12,20-21,25H,13-18H2,1-3H3,(H,39,47)(H,40,46)(H,42,44)(H,43,45)/t20-,21+,25-/m1/s1. The Hall–Kier alpha value is -4.28. The van der Waals surface area contributed by atoms with Crippen molar-refractivity contribution in [2.75, 3.05) is 17.6 Å². The molecule has 4 N–H and O–H groups in total. The number of carbonyl (C=O) groups excluding carboxylic acids is 4. The van der Waals surface area contributed by atoms with Gasteiger partial charge in [-0.3, -0.25) is 19.1 Å². The van der Waals surface area contributed by atoms with Crippen LogP contribution in [0.1, 0.15) is 57.6 Å². The number of anilines is 1. The number of ether oxygens (including phenoxy) is 1. The molecule has 0 saturated carbocycles. The number of aliphatic imine (C=N–C) groups is 1. The fourth-order valence-electron chi connectivity index (χ4n) is 4.81. The molecule has 268 valence electrons. The molecule has 0 aliphatic carbocycles. The summed E-state index contributed by atoms with van der Waals surface area (Å²) in [7, 11) is 0. The van der Waals surface area contributed by atoms with Gasteiger partial charge in [0.25, 0.3) is 5.91 Å². The molecule has 1 aliphatic heterocycles. The van der Waals surface area contributed by atoms with Crippen molar-refractivity contribution in [3.63, 3.8) is 0 Å². The second-order valence-electron chi connectivity index (χ2n) is 12.1. The van der Waals surface area contributed by atoms with Crippen LogP contribution in [0.5, 0.6) is 0 Å². The van der Waals surface area contributed by atoms with Crippen molar-refractivity contribution >= 4 is 47.2 Å². The minimum atomic E-state index is -4.81. The molecule has 0 radical (unpaired) electrons. The summed E-state index contributed by atoms with van der Waals surface area (Å²) < 4.78 is 87.5. The number of benzodiazepines with no additional fused rings is 1. The molecule has 49 heavy (non-hydrogen) atoms. The molecule has 0 bridgehead atoms. The predicted octanol–water partition coefficient (Wildman–Crippen LogP) is 6.12. The van der Waals surface area contributed by atoms with Crippen LogP contribution in [0.3, 0.4) is 0 Å². The predicted molar refractivity (Wildman–Crippen MR) is 171 cm³/mol. The maximum atomic E-state index is 13.7. The molecular weight excluding hydrogens is 680 g/mol. The molecular formula is C32H37F6N5O5S. The van der Waals surface area contributed by atoms with Gasteiger partial charge in [-0.05, 0) is 51.6 Å². The summed E-state index contributed by atoms with van der Waals surface area (Å²) in [6.45, 7) is 4.89. The van der Waals surface area contributed by atoms with E-state index in [1.165, 1.54) is 0 Å². The van der Waals surface area contributed by atoms with Crippen molar-refractivity contribution in [3.8, 4) is 0 Å². The monoisotopic (exact) mass is 717 g/mol. The number of carbonyl (C=O) groups is 4. The van der Waals surface area contributed by atoms with Gasteiger partial charge >= 0.3 is 18.4 Å². The average molecular weight is 718 g/mol. The van der Waals surface area contributed by atoms with E-state index in [2.05, 4.69) is 25.7 Å². The molecule has 0 saturated heterocycles. The van der Waals surface area contributed by atoms with Crippen molar-refractivity contribution in [2.45, 2.75) is 70.6 Å². The van der Waals surface area contributed by atoms with Gasteiger partial charge in [-0.15, -0.1) is 0 Å². The molecule has 0 fully saturated rings. The van der Waals surface area contributed by atoms with Crippen LogP contribution >= 0.6 is 11.9 Å². The number of alkyl halides is 6. The summed E-state index contributed by atoms with van der Waals surface area (Å²) in [5.41, 5.74) is 0.836. The Morgan fingerprint density at radius 1 is 0.878 bits per heavy atom. The number of nitrogens with one attached hydrogen (secondary N) is 4. The second-order valence-corrected chi connectivity index (χ2v) is 13.0. The summed E-state index contributed by atoms with van der Waals surface area (Å²) in [6.07, 6.45) is -17.3. The average Bonchev–Trinajstić information content (AvgIpc) is 3.12. The molecule has 4 amide bonds. The number of hydrogen-bond acceptors (Lipinski definition) is 7. The Morgan fingerprint density at radius 3 is 2.04 bits per heavy atom. The highest BCUT2D eigenvalue weighted by Crippen LogP contribution is 2.33. The van der Waals surface area contributed by atoms with Crippen LogP contribution in [-0.2, 0) is 19.1 Å². The zero-order valence-corrected chi connectivity index (χ0v) is 27.7. The molecule has 1 heterocycles. The maximum Gasteiger partial charge on any atom is 0.407 e. The number of halogens is 6. The van der Waals surface area contributed by atoms with E-state index < -0.39 is 85.5 Å². The van der Waals surface area contributed by atoms with E-state index >= 15 is 0 Å². The third kappa shape index (κ3) is 13.3. The first-order valence-electron chi connectivity index (χ1n) is 15.2. The van der Waals surface area contributed by atoms with E-state index in [0.717, 1.165) is 0 Å². The molecule has 17 heteroatoms. The van der Waals surface area contributed by atoms with Crippen molar-refractivity contribution < 1.29 is 50.3 Å². The van der Waals surface area contributed by atoms with Crippen LogP contribution in [0.2, 0.25) is 0 Å². The summed E-state index contributed by atoms with van der Waals surface area (Å²) in [5.74, 6) is -7.04. The first kappa shape index (κ1) is 39.2. The summed E-state index contributed by atoms with van der Waals surface area (Å²) in [4.78, 5) is 56.4. The smallest absolute Gasteiger partial charge is 0.407 e. The molecule has 3 atom stereocenters. The Labute approximate surface area is 283 Å². The molecule has 0 unspecified atom stereocenters. The van der Waals surface area contributed by atoms with E-state index in [0.29, 0.717) is 28.8 Å². The zero-order chi connectivity index (χ0) is 36.4. The number of amides is 4. The highest BCUT2D eigenvalue weighted by Gasteiger charge is 2.41. The van der Waals surface area contributed by atoms with E-state index in [1.54, 1.807) is 75.4 Å². The van der Waals surface area contributed by atoms with E-state index in [-0.39, 0.29) is 18.0 Å². The summed E-state index contributed by atoms with van der Waals surface area (Å²) >= 11 is 0.674. The van der Waals surface area contributed by atoms with Gasteiger partial charge in [0.1, 0.15) is 5.60 Å². The maximum absolute atomic E-state index is 13.7. The molecule has 2 aromatic rings. The Kier molecular flexibility index (Phi) is 13.5. The van der Waals surface area contributed by atoms with Gasteiger partial charge in [-0.2, -0.15) is 26.3 Å². The Morgan fingerprint density at radius 2 is 1.45 bits per heavy atom. The van der Waals surface area contributed by atoms with E-state index in [4.69, 9.17) is 4.74 Å². The highest BCUT2D eigenvalue weighted by atomic mass is 32.2.